The molecule has 1 N–H and O–H groups in total. The van der Waals surface area contributed by atoms with Crippen LogP contribution in [0.25, 0.3) is 0 Å². The maximum absolute atomic E-state index is 14.2. The fourth-order valence-corrected chi connectivity index (χ4v) is 5.92. The van der Waals surface area contributed by atoms with Gasteiger partial charge in [0.05, 0.1) is 11.9 Å². The summed E-state index contributed by atoms with van der Waals surface area (Å²) in [5.74, 6) is -0.925. The van der Waals surface area contributed by atoms with Gasteiger partial charge in [0.2, 0.25) is 21.8 Å². The van der Waals surface area contributed by atoms with Gasteiger partial charge in [-0.3, -0.25) is 13.9 Å². The average Bonchev–Trinajstić information content (AvgIpc) is 2.90. The number of amides is 2. The SMILES string of the molecule is CC[C@@H](C)NC(=O)[C@@H](Cc1ccccc1)N(Cc1ccc(Cl)cc1Cl)C(=O)CN(c1ccc(Cl)cc1C)S(C)(=O)=O. The van der Waals surface area contributed by atoms with Gasteiger partial charge in [-0.15, -0.1) is 0 Å². The van der Waals surface area contributed by atoms with E-state index in [2.05, 4.69) is 5.32 Å². The first-order chi connectivity index (χ1) is 19.3. The first-order valence-corrected chi connectivity index (χ1v) is 16.1. The van der Waals surface area contributed by atoms with E-state index in [0.29, 0.717) is 38.3 Å². The van der Waals surface area contributed by atoms with E-state index >= 15 is 0 Å². The van der Waals surface area contributed by atoms with Crippen molar-refractivity contribution in [3.8, 4) is 0 Å². The van der Waals surface area contributed by atoms with E-state index in [4.69, 9.17) is 34.8 Å². The number of carbonyl (C=O) groups is 2. The van der Waals surface area contributed by atoms with Gasteiger partial charge in [-0.1, -0.05) is 78.1 Å². The molecular weight excluding hydrogens is 605 g/mol. The number of nitrogens with zero attached hydrogens (tertiary/aromatic N) is 2. The summed E-state index contributed by atoms with van der Waals surface area (Å²) >= 11 is 18.7. The summed E-state index contributed by atoms with van der Waals surface area (Å²) in [6.07, 6.45) is 1.93. The van der Waals surface area contributed by atoms with Crippen LogP contribution in [-0.2, 0) is 32.6 Å². The largest absolute Gasteiger partial charge is 0.352 e. The Morgan fingerprint density at radius 1 is 0.951 bits per heavy atom. The summed E-state index contributed by atoms with van der Waals surface area (Å²) in [5.41, 5.74) is 2.30. The lowest BCUT2D eigenvalue weighted by Gasteiger charge is -2.34. The third-order valence-electron chi connectivity index (χ3n) is 6.73. The van der Waals surface area contributed by atoms with Crippen molar-refractivity contribution in [3.05, 3.63) is 98.5 Å². The monoisotopic (exact) mass is 637 g/mol. The van der Waals surface area contributed by atoms with Crippen LogP contribution < -0.4 is 9.62 Å². The van der Waals surface area contributed by atoms with Crippen LogP contribution in [0.4, 0.5) is 5.69 Å². The second-order valence-corrected chi connectivity index (χ2v) is 13.2. The molecule has 0 aliphatic heterocycles. The zero-order valence-corrected chi connectivity index (χ0v) is 26.5. The van der Waals surface area contributed by atoms with E-state index in [1.165, 1.54) is 4.90 Å². The molecule has 3 aromatic rings. The van der Waals surface area contributed by atoms with Gasteiger partial charge in [-0.2, -0.15) is 0 Å². The molecule has 0 aliphatic rings. The van der Waals surface area contributed by atoms with Crippen molar-refractivity contribution in [2.75, 3.05) is 17.1 Å². The van der Waals surface area contributed by atoms with E-state index < -0.39 is 28.5 Å². The lowest BCUT2D eigenvalue weighted by molar-refractivity contribution is -0.140. The number of aryl methyl sites for hydroxylation is 1. The van der Waals surface area contributed by atoms with E-state index in [-0.39, 0.29) is 24.9 Å². The maximum atomic E-state index is 14.2. The summed E-state index contributed by atoms with van der Waals surface area (Å²) in [7, 11) is -3.90. The van der Waals surface area contributed by atoms with E-state index in [1.807, 2.05) is 44.2 Å². The summed E-state index contributed by atoms with van der Waals surface area (Å²) in [6, 6.07) is 17.9. The minimum Gasteiger partial charge on any atom is -0.352 e. The molecule has 2 atom stereocenters. The quantitative estimate of drug-likeness (QED) is 0.253. The number of carbonyl (C=O) groups excluding carboxylic acids is 2. The van der Waals surface area contributed by atoms with Crippen LogP contribution in [0.2, 0.25) is 15.1 Å². The van der Waals surface area contributed by atoms with Gasteiger partial charge in [-0.05, 0) is 67.3 Å². The molecule has 0 spiro atoms. The lowest BCUT2D eigenvalue weighted by atomic mass is 10.0. The van der Waals surface area contributed by atoms with Crippen LogP contribution in [0, 0.1) is 6.92 Å². The summed E-state index contributed by atoms with van der Waals surface area (Å²) < 4.78 is 27.0. The number of hydrogen-bond acceptors (Lipinski definition) is 4. The normalized spacial score (nSPS) is 12.9. The van der Waals surface area contributed by atoms with Crippen molar-refractivity contribution in [2.24, 2.45) is 0 Å². The Hall–Kier alpha value is -2.78. The highest BCUT2D eigenvalue weighted by molar-refractivity contribution is 7.92. The number of rotatable bonds is 12. The van der Waals surface area contributed by atoms with Crippen LogP contribution in [0.1, 0.15) is 37.0 Å². The standard InChI is InChI=1S/C30H34Cl3N3O4S/c1-5-21(3)34-30(38)28(16-22-9-7-6-8-10-22)35(18-23-11-12-25(32)17-26(23)33)29(37)19-36(41(4,39)40)27-14-13-24(31)15-20(27)2/h6-15,17,21,28H,5,16,18-19H2,1-4H3,(H,34,38)/t21-,28-/m1/s1. The molecule has 3 rings (SSSR count). The van der Waals surface area contributed by atoms with Crippen molar-refractivity contribution in [2.45, 2.75) is 52.2 Å². The van der Waals surface area contributed by atoms with Gasteiger partial charge in [0.25, 0.3) is 0 Å². The molecule has 2 amide bonds. The highest BCUT2D eigenvalue weighted by atomic mass is 35.5. The van der Waals surface area contributed by atoms with Crippen molar-refractivity contribution >= 4 is 62.3 Å². The van der Waals surface area contributed by atoms with E-state index in [1.54, 1.807) is 43.3 Å². The van der Waals surface area contributed by atoms with Crippen LogP contribution in [-0.4, -0.2) is 50.0 Å². The zero-order valence-electron chi connectivity index (χ0n) is 23.4. The zero-order chi connectivity index (χ0) is 30.3. The Kier molecular flexibility index (Phi) is 11.5. The molecule has 7 nitrogen and oxygen atoms in total. The number of hydrogen-bond donors (Lipinski definition) is 1. The predicted octanol–water partition coefficient (Wildman–Crippen LogP) is 6.28. The number of benzene rings is 3. The Morgan fingerprint density at radius 3 is 2.17 bits per heavy atom. The molecule has 0 fully saturated rings. The number of anilines is 1. The predicted molar refractivity (Wildman–Crippen MR) is 167 cm³/mol. The fraction of sp³-hybridized carbons (Fsp3) is 0.333. The van der Waals surface area contributed by atoms with Gasteiger partial charge in [0.1, 0.15) is 12.6 Å². The third-order valence-corrected chi connectivity index (χ3v) is 8.68. The summed E-state index contributed by atoms with van der Waals surface area (Å²) in [4.78, 5) is 29.3. The molecule has 0 heterocycles. The molecule has 0 radical (unpaired) electrons. The second-order valence-electron chi connectivity index (χ2n) is 9.98. The molecule has 41 heavy (non-hydrogen) atoms. The Morgan fingerprint density at radius 2 is 1.59 bits per heavy atom. The first kappa shape index (κ1) is 32.7. The van der Waals surface area contributed by atoms with Gasteiger partial charge < -0.3 is 10.2 Å². The van der Waals surface area contributed by atoms with Crippen LogP contribution in [0.5, 0.6) is 0 Å². The fourth-order valence-electron chi connectivity index (χ4n) is 4.32. The topological polar surface area (TPSA) is 86.8 Å². The molecule has 0 saturated heterocycles. The molecule has 220 valence electrons. The second kappa shape index (κ2) is 14.4. The van der Waals surface area contributed by atoms with Crippen molar-refractivity contribution in [3.63, 3.8) is 0 Å². The van der Waals surface area contributed by atoms with Crippen molar-refractivity contribution in [1.29, 1.82) is 0 Å². The molecule has 0 aromatic heterocycles. The van der Waals surface area contributed by atoms with Crippen LogP contribution >= 0.6 is 34.8 Å². The maximum Gasteiger partial charge on any atom is 0.244 e. The Labute approximate surface area is 257 Å². The van der Waals surface area contributed by atoms with Gasteiger partial charge in [0.15, 0.2) is 0 Å². The Balaban J connectivity index is 2.11. The van der Waals surface area contributed by atoms with E-state index in [0.717, 1.165) is 16.1 Å². The molecular formula is C30H34Cl3N3O4S. The first-order valence-electron chi connectivity index (χ1n) is 13.1. The Bertz CT molecular complexity index is 1490. The van der Waals surface area contributed by atoms with E-state index in [9.17, 15) is 18.0 Å². The highest BCUT2D eigenvalue weighted by Crippen LogP contribution is 2.28. The summed E-state index contributed by atoms with van der Waals surface area (Å²) in [5, 5.41) is 4.18. The molecule has 0 bridgehead atoms. The molecule has 3 aromatic carbocycles. The average molecular weight is 639 g/mol. The number of nitrogens with one attached hydrogen (secondary N) is 1. The van der Waals surface area contributed by atoms with Gasteiger partial charge >= 0.3 is 0 Å². The molecule has 0 saturated carbocycles. The molecule has 11 heteroatoms. The van der Waals surface area contributed by atoms with Crippen molar-refractivity contribution in [1.82, 2.24) is 10.2 Å². The number of sulfonamides is 1. The minimum absolute atomic E-state index is 0.0442. The third kappa shape index (κ3) is 9.10. The highest BCUT2D eigenvalue weighted by Gasteiger charge is 2.34. The molecule has 0 aliphatic carbocycles. The van der Waals surface area contributed by atoms with Gasteiger partial charge in [0, 0.05) is 34.1 Å². The van der Waals surface area contributed by atoms with Crippen molar-refractivity contribution < 1.29 is 18.0 Å². The molecule has 0 unspecified atom stereocenters. The number of halogens is 3. The lowest BCUT2D eigenvalue weighted by Crippen LogP contribution is -2.54. The minimum atomic E-state index is -3.90. The van der Waals surface area contributed by atoms with Crippen LogP contribution in [0.3, 0.4) is 0 Å². The van der Waals surface area contributed by atoms with Crippen LogP contribution in [0.15, 0.2) is 66.7 Å². The summed E-state index contributed by atoms with van der Waals surface area (Å²) in [6.45, 7) is 4.97. The van der Waals surface area contributed by atoms with Gasteiger partial charge in [-0.25, -0.2) is 8.42 Å². The smallest absolute Gasteiger partial charge is 0.244 e.